The Morgan fingerprint density at radius 2 is 1.89 bits per heavy atom. The molecule has 0 radical (unpaired) electrons. The van der Waals surface area contributed by atoms with Crippen LogP contribution < -0.4 is 5.73 Å². The molecular formula is C14H22N2O2S. The largest absolute Gasteiger partial charge is 0.326 e. The third-order valence-corrected chi connectivity index (χ3v) is 5.58. The van der Waals surface area contributed by atoms with Crippen LogP contribution in [0.4, 0.5) is 0 Å². The Hall–Kier alpha value is -0.910. The van der Waals surface area contributed by atoms with E-state index in [4.69, 9.17) is 5.73 Å². The zero-order valence-electron chi connectivity index (χ0n) is 11.5. The van der Waals surface area contributed by atoms with E-state index in [1.165, 1.54) is 9.87 Å². The summed E-state index contributed by atoms with van der Waals surface area (Å²) >= 11 is 0. The molecule has 2 rings (SSSR count). The molecule has 1 saturated heterocycles. The number of benzene rings is 1. The van der Waals surface area contributed by atoms with Crippen molar-refractivity contribution < 1.29 is 8.42 Å². The van der Waals surface area contributed by atoms with Gasteiger partial charge in [0.1, 0.15) is 0 Å². The molecule has 1 aliphatic heterocycles. The molecule has 0 spiro atoms. The van der Waals surface area contributed by atoms with E-state index in [-0.39, 0.29) is 12.0 Å². The molecule has 5 heteroatoms. The third kappa shape index (κ3) is 2.99. The first-order valence-corrected chi connectivity index (χ1v) is 8.24. The minimum atomic E-state index is -3.38. The van der Waals surface area contributed by atoms with Crippen molar-refractivity contribution in [3.05, 3.63) is 29.8 Å². The fourth-order valence-electron chi connectivity index (χ4n) is 2.41. The van der Waals surface area contributed by atoms with Gasteiger partial charge in [0, 0.05) is 19.1 Å². The summed E-state index contributed by atoms with van der Waals surface area (Å²) in [5.74, 6) is 0.217. The lowest BCUT2D eigenvalue weighted by atomic mass is 10.1. The summed E-state index contributed by atoms with van der Waals surface area (Å²) < 4.78 is 26.4. The molecule has 2 N–H and O–H groups in total. The standard InChI is InChI=1S/C14H22N2O2S/c1-3-4-12-5-7-13(8-6-12)19(17,18)16-9-11(2)14(15)10-16/h5-8,11,14H,3-4,9-10,15H2,1-2H3. The highest BCUT2D eigenvalue weighted by Gasteiger charge is 2.35. The highest BCUT2D eigenvalue weighted by molar-refractivity contribution is 7.89. The quantitative estimate of drug-likeness (QED) is 0.912. The van der Waals surface area contributed by atoms with Crippen molar-refractivity contribution in [2.24, 2.45) is 11.7 Å². The Morgan fingerprint density at radius 3 is 2.37 bits per heavy atom. The number of nitrogens with two attached hydrogens (primary N) is 1. The summed E-state index contributed by atoms with van der Waals surface area (Å²) in [7, 11) is -3.38. The van der Waals surface area contributed by atoms with Gasteiger partial charge in [0.05, 0.1) is 4.90 Å². The molecule has 0 bridgehead atoms. The van der Waals surface area contributed by atoms with Gasteiger partial charge in [-0.3, -0.25) is 0 Å². The lowest BCUT2D eigenvalue weighted by Crippen LogP contribution is -2.32. The molecule has 1 aliphatic rings. The number of nitrogens with zero attached hydrogens (tertiary/aromatic N) is 1. The Kier molecular flexibility index (Phi) is 4.28. The fourth-order valence-corrected chi connectivity index (χ4v) is 3.99. The molecule has 4 nitrogen and oxygen atoms in total. The van der Waals surface area contributed by atoms with Crippen LogP contribution in [0.3, 0.4) is 0 Å². The molecule has 2 unspecified atom stereocenters. The third-order valence-electron chi connectivity index (χ3n) is 3.74. The van der Waals surface area contributed by atoms with E-state index in [0.29, 0.717) is 18.0 Å². The summed E-state index contributed by atoms with van der Waals surface area (Å²) in [5, 5.41) is 0. The second kappa shape index (κ2) is 5.61. The predicted octanol–water partition coefficient (Wildman–Crippen LogP) is 1.61. The second-order valence-corrected chi connectivity index (χ2v) is 7.30. The van der Waals surface area contributed by atoms with Crippen molar-refractivity contribution in [1.82, 2.24) is 4.31 Å². The minimum Gasteiger partial charge on any atom is -0.326 e. The average Bonchev–Trinajstić information content (AvgIpc) is 2.71. The van der Waals surface area contributed by atoms with Crippen LogP contribution in [0.2, 0.25) is 0 Å². The molecule has 2 atom stereocenters. The SMILES string of the molecule is CCCc1ccc(S(=O)(=O)N2CC(C)C(N)C2)cc1. The molecule has 0 amide bonds. The van der Waals surface area contributed by atoms with Crippen LogP contribution in [-0.2, 0) is 16.4 Å². The van der Waals surface area contributed by atoms with Crippen LogP contribution in [0.5, 0.6) is 0 Å². The smallest absolute Gasteiger partial charge is 0.243 e. The van der Waals surface area contributed by atoms with E-state index in [9.17, 15) is 8.42 Å². The van der Waals surface area contributed by atoms with Crippen molar-refractivity contribution in [3.63, 3.8) is 0 Å². The molecule has 1 fully saturated rings. The molecule has 0 aliphatic carbocycles. The van der Waals surface area contributed by atoms with Crippen LogP contribution in [0, 0.1) is 5.92 Å². The van der Waals surface area contributed by atoms with Crippen LogP contribution in [0.1, 0.15) is 25.8 Å². The van der Waals surface area contributed by atoms with Gasteiger partial charge in [0.25, 0.3) is 0 Å². The molecule has 19 heavy (non-hydrogen) atoms. The van der Waals surface area contributed by atoms with E-state index in [1.807, 2.05) is 19.1 Å². The Labute approximate surface area is 115 Å². The summed E-state index contributed by atoms with van der Waals surface area (Å²) in [6.45, 7) is 5.03. The van der Waals surface area contributed by atoms with Gasteiger partial charge < -0.3 is 5.73 Å². The monoisotopic (exact) mass is 282 g/mol. The first-order valence-electron chi connectivity index (χ1n) is 6.80. The van der Waals surface area contributed by atoms with Gasteiger partial charge in [-0.25, -0.2) is 8.42 Å². The Morgan fingerprint density at radius 1 is 1.26 bits per heavy atom. The normalized spacial score (nSPS) is 24.8. The number of sulfonamides is 1. The Balaban J connectivity index is 2.20. The average molecular weight is 282 g/mol. The predicted molar refractivity (Wildman–Crippen MR) is 76.3 cm³/mol. The summed E-state index contributed by atoms with van der Waals surface area (Å²) in [4.78, 5) is 0.369. The maximum atomic E-state index is 12.5. The number of aryl methyl sites for hydroxylation is 1. The maximum absolute atomic E-state index is 12.5. The highest BCUT2D eigenvalue weighted by atomic mass is 32.2. The summed E-state index contributed by atoms with van der Waals surface area (Å²) in [5.41, 5.74) is 7.07. The first-order chi connectivity index (χ1) is 8.95. The van der Waals surface area contributed by atoms with Crippen LogP contribution in [0.25, 0.3) is 0 Å². The maximum Gasteiger partial charge on any atom is 0.243 e. The van der Waals surface area contributed by atoms with Gasteiger partial charge in [-0.1, -0.05) is 32.4 Å². The molecular weight excluding hydrogens is 260 g/mol. The zero-order chi connectivity index (χ0) is 14.0. The fraction of sp³-hybridized carbons (Fsp3) is 0.571. The van der Waals surface area contributed by atoms with Crippen LogP contribution >= 0.6 is 0 Å². The minimum absolute atomic E-state index is 0.0610. The van der Waals surface area contributed by atoms with Crippen molar-refractivity contribution in [3.8, 4) is 0 Å². The molecule has 1 aromatic rings. The second-order valence-electron chi connectivity index (χ2n) is 5.36. The lowest BCUT2D eigenvalue weighted by Gasteiger charge is -2.16. The van der Waals surface area contributed by atoms with Gasteiger partial charge >= 0.3 is 0 Å². The van der Waals surface area contributed by atoms with E-state index in [2.05, 4.69) is 6.92 Å². The summed E-state index contributed by atoms with van der Waals surface area (Å²) in [6.07, 6.45) is 2.04. The van der Waals surface area contributed by atoms with Crippen LogP contribution in [0.15, 0.2) is 29.2 Å². The van der Waals surface area contributed by atoms with E-state index >= 15 is 0 Å². The van der Waals surface area contributed by atoms with Crippen molar-refractivity contribution in [2.45, 2.75) is 37.6 Å². The lowest BCUT2D eigenvalue weighted by molar-refractivity contribution is 0.464. The van der Waals surface area contributed by atoms with Gasteiger partial charge in [0.15, 0.2) is 0 Å². The van der Waals surface area contributed by atoms with Gasteiger partial charge in [-0.15, -0.1) is 0 Å². The van der Waals surface area contributed by atoms with Crippen molar-refractivity contribution >= 4 is 10.0 Å². The first kappa shape index (κ1) is 14.5. The van der Waals surface area contributed by atoms with E-state index < -0.39 is 10.0 Å². The van der Waals surface area contributed by atoms with Gasteiger partial charge in [0.2, 0.25) is 10.0 Å². The molecule has 1 aromatic carbocycles. The number of hydrogen-bond donors (Lipinski definition) is 1. The van der Waals surface area contributed by atoms with Crippen LogP contribution in [-0.4, -0.2) is 31.9 Å². The number of hydrogen-bond acceptors (Lipinski definition) is 3. The molecule has 0 aromatic heterocycles. The summed E-state index contributed by atoms with van der Waals surface area (Å²) in [6, 6.07) is 7.14. The number of rotatable bonds is 4. The van der Waals surface area contributed by atoms with Crippen molar-refractivity contribution in [2.75, 3.05) is 13.1 Å². The molecule has 1 heterocycles. The molecule has 106 valence electrons. The Bertz CT molecular complexity index is 515. The zero-order valence-corrected chi connectivity index (χ0v) is 12.4. The van der Waals surface area contributed by atoms with Gasteiger partial charge in [-0.2, -0.15) is 4.31 Å². The highest BCUT2D eigenvalue weighted by Crippen LogP contribution is 2.23. The van der Waals surface area contributed by atoms with E-state index in [0.717, 1.165) is 12.8 Å². The molecule has 0 saturated carbocycles. The van der Waals surface area contributed by atoms with Gasteiger partial charge in [-0.05, 0) is 30.0 Å². The van der Waals surface area contributed by atoms with Crippen molar-refractivity contribution in [1.29, 1.82) is 0 Å². The topological polar surface area (TPSA) is 63.4 Å². The van der Waals surface area contributed by atoms with E-state index in [1.54, 1.807) is 12.1 Å².